The largest absolute Gasteiger partial charge is 0.321 e. The average molecular weight is 257 g/mol. The van der Waals surface area contributed by atoms with Crippen LogP contribution in [0, 0.1) is 20.8 Å². The van der Waals surface area contributed by atoms with Gasteiger partial charge in [-0.05, 0) is 31.9 Å². The minimum absolute atomic E-state index is 0.00174. The Morgan fingerprint density at radius 2 is 1.84 bits per heavy atom. The molecule has 2 rings (SSSR count). The Morgan fingerprint density at radius 1 is 1.21 bits per heavy atom. The van der Waals surface area contributed by atoms with Crippen LogP contribution < -0.4 is 10.9 Å². The summed E-state index contributed by atoms with van der Waals surface area (Å²) < 4.78 is 0. The van der Waals surface area contributed by atoms with E-state index < -0.39 is 11.5 Å². The van der Waals surface area contributed by atoms with E-state index in [2.05, 4.69) is 15.3 Å². The first-order valence-electron chi connectivity index (χ1n) is 5.91. The first kappa shape index (κ1) is 13.0. The summed E-state index contributed by atoms with van der Waals surface area (Å²) in [5, 5.41) is 2.76. The number of benzene rings is 1. The number of carbonyl (C=O) groups excluding carboxylic acids is 1. The molecule has 98 valence electrons. The minimum atomic E-state index is -0.454. The lowest BCUT2D eigenvalue weighted by molar-refractivity contribution is 0.102. The van der Waals surface area contributed by atoms with Crippen LogP contribution in [0.4, 0.5) is 5.69 Å². The molecule has 0 saturated heterocycles. The summed E-state index contributed by atoms with van der Waals surface area (Å²) in [6, 6.07) is 3.96. The van der Waals surface area contributed by atoms with Crippen molar-refractivity contribution in [2.45, 2.75) is 20.8 Å². The number of carbonyl (C=O) groups is 1. The molecule has 0 fully saturated rings. The lowest BCUT2D eigenvalue weighted by Gasteiger charge is -2.12. The molecule has 1 heterocycles. The standard InChI is InChI=1S/C14H15N3O2/c1-8-4-9(2)12(10(3)5-8)17-14(19)11-6-15-7-16-13(11)18/h4-7H,1-3H3,(H,17,19)(H,15,16,18). The second-order valence-electron chi connectivity index (χ2n) is 4.52. The maximum Gasteiger partial charge on any atom is 0.263 e. The zero-order valence-corrected chi connectivity index (χ0v) is 11.1. The van der Waals surface area contributed by atoms with E-state index in [0.29, 0.717) is 0 Å². The molecule has 0 saturated carbocycles. The van der Waals surface area contributed by atoms with Gasteiger partial charge in [-0.2, -0.15) is 0 Å². The highest BCUT2D eigenvalue weighted by atomic mass is 16.2. The number of aromatic nitrogens is 2. The van der Waals surface area contributed by atoms with Gasteiger partial charge < -0.3 is 10.3 Å². The molecule has 5 nitrogen and oxygen atoms in total. The van der Waals surface area contributed by atoms with Crippen LogP contribution in [0.3, 0.4) is 0 Å². The second kappa shape index (κ2) is 5.06. The number of rotatable bonds is 2. The van der Waals surface area contributed by atoms with Gasteiger partial charge in [-0.25, -0.2) is 4.98 Å². The molecule has 0 aliphatic heterocycles. The van der Waals surface area contributed by atoms with E-state index in [4.69, 9.17) is 0 Å². The normalized spacial score (nSPS) is 10.3. The molecular weight excluding hydrogens is 242 g/mol. The summed E-state index contributed by atoms with van der Waals surface area (Å²) in [5.41, 5.74) is 3.35. The molecule has 1 aromatic carbocycles. The van der Waals surface area contributed by atoms with Crippen LogP contribution in [-0.4, -0.2) is 15.9 Å². The third-order valence-corrected chi connectivity index (χ3v) is 2.88. The molecule has 0 aliphatic carbocycles. The van der Waals surface area contributed by atoms with Crippen LogP contribution in [0.25, 0.3) is 0 Å². The molecule has 5 heteroatoms. The highest BCUT2D eigenvalue weighted by Crippen LogP contribution is 2.22. The van der Waals surface area contributed by atoms with Crippen LogP contribution in [0.1, 0.15) is 27.0 Å². The molecular formula is C14H15N3O2. The number of aromatic amines is 1. The topological polar surface area (TPSA) is 74.8 Å². The van der Waals surface area contributed by atoms with Crippen LogP contribution in [0.15, 0.2) is 29.5 Å². The zero-order chi connectivity index (χ0) is 14.0. The molecule has 0 bridgehead atoms. The van der Waals surface area contributed by atoms with Crippen LogP contribution >= 0.6 is 0 Å². The van der Waals surface area contributed by atoms with Crippen LogP contribution in [-0.2, 0) is 0 Å². The molecule has 19 heavy (non-hydrogen) atoms. The lowest BCUT2D eigenvalue weighted by atomic mass is 10.0. The highest BCUT2D eigenvalue weighted by molar-refractivity contribution is 6.04. The van der Waals surface area contributed by atoms with Gasteiger partial charge in [0.25, 0.3) is 11.5 Å². The fraction of sp³-hybridized carbons (Fsp3) is 0.214. The van der Waals surface area contributed by atoms with E-state index in [1.54, 1.807) is 0 Å². The summed E-state index contributed by atoms with van der Waals surface area (Å²) in [4.78, 5) is 29.7. The van der Waals surface area contributed by atoms with Gasteiger partial charge in [0.1, 0.15) is 5.56 Å². The Morgan fingerprint density at radius 3 is 2.42 bits per heavy atom. The lowest BCUT2D eigenvalue weighted by Crippen LogP contribution is -2.23. The van der Waals surface area contributed by atoms with Crippen molar-refractivity contribution >= 4 is 11.6 Å². The number of hydrogen-bond acceptors (Lipinski definition) is 3. The summed E-state index contributed by atoms with van der Waals surface area (Å²) in [5.74, 6) is -0.454. The number of nitrogens with one attached hydrogen (secondary N) is 2. The number of hydrogen-bond donors (Lipinski definition) is 2. The average Bonchev–Trinajstić information content (AvgIpc) is 2.34. The summed E-state index contributed by atoms with van der Waals surface area (Å²) in [6.07, 6.45) is 2.51. The maximum atomic E-state index is 12.1. The first-order chi connectivity index (χ1) is 8.99. The van der Waals surface area contributed by atoms with E-state index in [9.17, 15) is 9.59 Å². The second-order valence-corrected chi connectivity index (χ2v) is 4.52. The molecule has 2 aromatic rings. The third kappa shape index (κ3) is 2.70. The predicted octanol–water partition coefficient (Wildman–Crippen LogP) is 1.95. The first-order valence-corrected chi connectivity index (χ1v) is 5.91. The van der Waals surface area contributed by atoms with Crippen molar-refractivity contribution in [2.24, 2.45) is 0 Å². The number of nitrogens with zero attached hydrogens (tertiary/aromatic N) is 1. The van der Waals surface area contributed by atoms with Gasteiger partial charge in [0.05, 0.1) is 6.33 Å². The van der Waals surface area contributed by atoms with Crippen molar-refractivity contribution < 1.29 is 4.79 Å². The summed E-state index contributed by atoms with van der Waals surface area (Å²) in [7, 11) is 0. The van der Waals surface area contributed by atoms with Crippen molar-refractivity contribution in [1.29, 1.82) is 0 Å². The quantitative estimate of drug-likeness (QED) is 0.863. The maximum absolute atomic E-state index is 12.1. The summed E-state index contributed by atoms with van der Waals surface area (Å²) in [6.45, 7) is 5.84. The SMILES string of the molecule is Cc1cc(C)c(NC(=O)c2cnc[nH]c2=O)c(C)c1. The highest BCUT2D eigenvalue weighted by Gasteiger charge is 2.13. The number of amides is 1. The van der Waals surface area contributed by atoms with E-state index in [0.717, 1.165) is 22.4 Å². The fourth-order valence-electron chi connectivity index (χ4n) is 2.06. The molecule has 0 radical (unpaired) electrons. The smallest absolute Gasteiger partial charge is 0.263 e. The van der Waals surface area contributed by atoms with Crippen molar-refractivity contribution in [3.05, 3.63) is 57.3 Å². The predicted molar refractivity (Wildman–Crippen MR) is 73.5 cm³/mol. The molecule has 1 amide bonds. The molecule has 0 unspecified atom stereocenters. The van der Waals surface area contributed by atoms with Gasteiger partial charge in [0, 0.05) is 11.9 Å². The molecule has 0 aliphatic rings. The fourth-order valence-corrected chi connectivity index (χ4v) is 2.06. The Labute approximate surface area is 110 Å². The van der Waals surface area contributed by atoms with Crippen molar-refractivity contribution in [1.82, 2.24) is 9.97 Å². The number of H-pyrrole nitrogens is 1. The van der Waals surface area contributed by atoms with Gasteiger partial charge in [0.2, 0.25) is 0 Å². The van der Waals surface area contributed by atoms with Gasteiger partial charge in [0.15, 0.2) is 0 Å². The van der Waals surface area contributed by atoms with E-state index in [-0.39, 0.29) is 5.56 Å². The number of anilines is 1. The monoisotopic (exact) mass is 257 g/mol. The Balaban J connectivity index is 2.35. The van der Waals surface area contributed by atoms with E-state index in [1.807, 2.05) is 32.9 Å². The summed E-state index contributed by atoms with van der Waals surface area (Å²) >= 11 is 0. The van der Waals surface area contributed by atoms with Crippen molar-refractivity contribution in [2.75, 3.05) is 5.32 Å². The Hall–Kier alpha value is -2.43. The van der Waals surface area contributed by atoms with Gasteiger partial charge in [-0.1, -0.05) is 17.7 Å². The number of aryl methyl sites for hydroxylation is 3. The van der Waals surface area contributed by atoms with Crippen molar-refractivity contribution in [3.8, 4) is 0 Å². The van der Waals surface area contributed by atoms with Crippen LogP contribution in [0.5, 0.6) is 0 Å². The molecule has 0 atom stereocenters. The van der Waals surface area contributed by atoms with E-state index in [1.165, 1.54) is 12.5 Å². The van der Waals surface area contributed by atoms with E-state index >= 15 is 0 Å². The molecule has 1 aromatic heterocycles. The Bertz CT molecular complexity index is 666. The van der Waals surface area contributed by atoms with Crippen LogP contribution in [0.2, 0.25) is 0 Å². The van der Waals surface area contributed by atoms with Crippen molar-refractivity contribution in [3.63, 3.8) is 0 Å². The van der Waals surface area contributed by atoms with Gasteiger partial charge in [-0.15, -0.1) is 0 Å². The molecule has 0 spiro atoms. The van der Waals surface area contributed by atoms with Gasteiger partial charge in [-0.3, -0.25) is 9.59 Å². The zero-order valence-electron chi connectivity index (χ0n) is 11.1. The third-order valence-electron chi connectivity index (χ3n) is 2.88. The molecule has 2 N–H and O–H groups in total. The Kier molecular flexibility index (Phi) is 3.46. The van der Waals surface area contributed by atoms with Gasteiger partial charge >= 0.3 is 0 Å². The minimum Gasteiger partial charge on any atom is -0.321 e.